The van der Waals surface area contributed by atoms with Crippen LogP contribution in [0.4, 0.5) is 0 Å². The van der Waals surface area contributed by atoms with Crippen LogP contribution in [0.2, 0.25) is 0 Å². The molecule has 1 atom stereocenters. The molecule has 6 nitrogen and oxygen atoms in total. The first kappa shape index (κ1) is 21.8. The number of aryl methyl sites for hydroxylation is 1. The Morgan fingerprint density at radius 3 is 2.39 bits per heavy atom. The largest absolute Gasteiger partial charge is 0.497 e. The van der Waals surface area contributed by atoms with Gasteiger partial charge in [0.15, 0.2) is 0 Å². The second-order valence-electron chi connectivity index (χ2n) is 8.58. The Morgan fingerprint density at radius 2 is 1.67 bits per heavy atom. The zero-order valence-corrected chi connectivity index (χ0v) is 19.8. The third-order valence-corrected chi connectivity index (χ3v) is 7.90. The van der Waals surface area contributed by atoms with Crippen LogP contribution in [-0.2, 0) is 29.5 Å². The van der Waals surface area contributed by atoms with E-state index in [-0.39, 0.29) is 10.9 Å². The van der Waals surface area contributed by atoms with E-state index in [0.717, 1.165) is 41.2 Å². The summed E-state index contributed by atoms with van der Waals surface area (Å²) in [6.07, 6.45) is 1.59. The maximum Gasteiger partial charge on any atom is 0.339 e. The molecule has 33 heavy (non-hydrogen) atoms. The Balaban J connectivity index is 1.54. The molecule has 3 aromatic rings. The molecule has 2 heterocycles. The van der Waals surface area contributed by atoms with Crippen LogP contribution in [0.15, 0.2) is 59.5 Å². The van der Waals surface area contributed by atoms with Crippen molar-refractivity contribution in [3.8, 4) is 17.2 Å². The third kappa shape index (κ3) is 3.96. The molecule has 0 aromatic heterocycles. The van der Waals surface area contributed by atoms with Crippen molar-refractivity contribution in [2.24, 2.45) is 0 Å². The molecule has 0 amide bonds. The van der Waals surface area contributed by atoms with Gasteiger partial charge in [0.2, 0.25) is 0 Å². The Labute approximate surface area is 194 Å². The molecule has 5 rings (SSSR count). The number of methoxy groups -OCH3 is 2. The summed E-state index contributed by atoms with van der Waals surface area (Å²) >= 11 is 0. The van der Waals surface area contributed by atoms with Crippen LogP contribution in [0, 0.1) is 6.92 Å². The highest BCUT2D eigenvalue weighted by molar-refractivity contribution is 7.87. The molecule has 0 spiro atoms. The maximum atomic E-state index is 13.0. The van der Waals surface area contributed by atoms with E-state index in [0.29, 0.717) is 18.7 Å². The number of nitrogens with zero attached hydrogens (tertiary/aromatic N) is 1. The lowest BCUT2D eigenvalue weighted by Gasteiger charge is -2.42. The van der Waals surface area contributed by atoms with Crippen LogP contribution in [-0.4, -0.2) is 34.1 Å². The van der Waals surface area contributed by atoms with E-state index in [2.05, 4.69) is 17.0 Å². The minimum absolute atomic E-state index is 0.142. The topological polar surface area (TPSA) is 65.1 Å². The first-order chi connectivity index (χ1) is 15.9. The van der Waals surface area contributed by atoms with Crippen molar-refractivity contribution in [3.63, 3.8) is 0 Å². The van der Waals surface area contributed by atoms with Gasteiger partial charge >= 0.3 is 10.1 Å². The molecule has 0 bridgehead atoms. The molecule has 7 heteroatoms. The van der Waals surface area contributed by atoms with Gasteiger partial charge in [-0.25, -0.2) is 0 Å². The van der Waals surface area contributed by atoms with E-state index in [1.165, 1.54) is 11.1 Å². The molecular weight excluding hydrogens is 438 g/mol. The molecule has 0 aliphatic carbocycles. The second-order valence-corrected chi connectivity index (χ2v) is 10.1. The summed E-state index contributed by atoms with van der Waals surface area (Å²) in [5.41, 5.74) is 5.39. The Hall–Kier alpha value is -3.03. The van der Waals surface area contributed by atoms with Gasteiger partial charge in [0.25, 0.3) is 0 Å². The normalized spacial score (nSPS) is 17.5. The van der Waals surface area contributed by atoms with Crippen LogP contribution in [0.25, 0.3) is 0 Å². The highest BCUT2D eigenvalue weighted by atomic mass is 32.2. The highest BCUT2D eigenvalue weighted by Crippen LogP contribution is 2.44. The number of rotatable bonds is 5. The lowest BCUT2D eigenvalue weighted by Crippen LogP contribution is -2.39. The molecular formula is C26H27NO5S. The van der Waals surface area contributed by atoms with E-state index in [1.54, 1.807) is 50.6 Å². The van der Waals surface area contributed by atoms with Crippen LogP contribution < -0.4 is 13.7 Å². The Morgan fingerprint density at radius 1 is 0.909 bits per heavy atom. The van der Waals surface area contributed by atoms with Gasteiger partial charge in [-0.3, -0.25) is 4.90 Å². The molecule has 0 saturated heterocycles. The van der Waals surface area contributed by atoms with E-state index in [4.69, 9.17) is 13.7 Å². The minimum Gasteiger partial charge on any atom is -0.497 e. The average molecular weight is 466 g/mol. The summed E-state index contributed by atoms with van der Waals surface area (Å²) < 4.78 is 42.8. The van der Waals surface area contributed by atoms with Crippen LogP contribution >= 0.6 is 0 Å². The summed E-state index contributed by atoms with van der Waals surface area (Å²) in [4.78, 5) is 2.57. The van der Waals surface area contributed by atoms with Gasteiger partial charge in [-0.15, -0.1) is 0 Å². The second kappa shape index (κ2) is 8.39. The molecule has 0 radical (unpaired) electrons. The van der Waals surface area contributed by atoms with Gasteiger partial charge in [-0.1, -0.05) is 23.8 Å². The van der Waals surface area contributed by atoms with Crippen LogP contribution in [0.3, 0.4) is 0 Å². The SMILES string of the molecule is COc1ccc2c(c1)CCN1Cc3c(OC)ccc(OS(=O)(=O)c4ccc(C)cc4)c3CC21. The summed E-state index contributed by atoms with van der Waals surface area (Å²) in [6, 6.07) is 16.5. The van der Waals surface area contributed by atoms with E-state index < -0.39 is 10.1 Å². The molecule has 0 N–H and O–H groups in total. The first-order valence-electron chi connectivity index (χ1n) is 11.0. The zero-order valence-electron chi connectivity index (χ0n) is 19.0. The van der Waals surface area contributed by atoms with E-state index in [9.17, 15) is 8.42 Å². The summed E-state index contributed by atoms with van der Waals surface area (Å²) in [7, 11) is -0.632. The van der Waals surface area contributed by atoms with Gasteiger partial charge < -0.3 is 13.7 Å². The fraction of sp³-hybridized carbons (Fsp3) is 0.308. The van der Waals surface area contributed by atoms with Gasteiger partial charge in [0.1, 0.15) is 22.1 Å². The lowest BCUT2D eigenvalue weighted by molar-refractivity contribution is 0.157. The molecule has 1 unspecified atom stereocenters. The summed E-state index contributed by atoms with van der Waals surface area (Å²) in [5.74, 6) is 1.98. The quantitative estimate of drug-likeness (QED) is 0.519. The minimum atomic E-state index is -3.95. The zero-order chi connectivity index (χ0) is 23.2. The fourth-order valence-electron chi connectivity index (χ4n) is 4.88. The van der Waals surface area contributed by atoms with Crippen molar-refractivity contribution in [1.82, 2.24) is 4.90 Å². The number of ether oxygens (including phenoxy) is 2. The molecule has 2 aliphatic rings. The van der Waals surface area contributed by atoms with Crippen LogP contribution in [0.5, 0.6) is 17.2 Å². The smallest absolute Gasteiger partial charge is 0.339 e. The van der Waals surface area contributed by atoms with Gasteiger partial charge in [0, 0.05) is 30.3 Å². The molecule has 3 aromatic carbocycles. The van der Waals surface area contributed by atoms with Crippen molar-refractivity contribution < 1.29 is 22.1 Å². The average Bonchev–Trinajstić information content (AvgIpc) is 2.83. The highest BCUT2D eigenvalue weighted by Gasteiger charge is 2.35. The van der Waals surface area contributed by atoms with Gasteiger partial charge in [-0.05, 0) is 67.3 Å². The molecule has 172 valence electrons. The van der Waals surface area contributed by atoms with Crippen molar-refractivity contribution in [3.05, 3.63) is 82.4 Å². The standard InChI is InChI=1S/C26H27NO5S/c1-17-4-7-20(8-5-17)33(28,29)32-26-11-10-25(31-3)23-16-27-13-12-18-14-19(30-2)6-9-21(18)24(27)15-22(23)26/h4-11,14,24H,12-13,15-16H2,1-3H3. The fourth-order valence-corrected chi connectivity index (χ4v) is 5.84. The third-order valence-electron chi connectivity index (χ3n) is 6.65. The maximum absolute atomic E-state index is 13.0. The number of hydrogen-bond donors (Lipinski definition) is 0. The predicted octanol–water partition coefficient (Wildman–Crippen LogP) is 4.44. The van der Waals surface area contributed by atoms with Crippen molar-refractivity contribution in [2.75, 3.05) is 20.8 Å². The summed E-state index contributed by atoms with van der Waals surface area (Å²) in [6.45, 7) is 3.51. The molecule has 2 aliphatic heterocycles. The first-order valence-corrected chi connectivity index (χ1v) is 12.4. The van der Waals surface area contributed by atoms with Crippen molar-refractivity contribution in [2.45, 2.75) is 37.2 Å². The predicted molar refractivity (Wildman–Crippen MR) is 126 cm³/mol. The Kier molecular flexibility index (Phi) is 5.54. The number of hydrogen-bond acceptors (Lipinski definition) is 6. The number of fused-ring (bicyclic) bond motifs is 4. The Bertz CT molecular complexity index is 1300. The lowest BCUT2D eigenvalue weighted by atomic mass is 9.83. The monoisotopic (exact) mass is 465 g/mol. The van der Waals surface area contributed by atoms with E-state index >= 15 is 0 Å². The van der Waals surface area contributed by atoms with Crippen LogP contribution in [0.1, 0.15) is 33.9 Å². The number of benzene rings is 3. The molecule has 0 saturated carbocycles. The van der Waals surface area contributed by atoms with Crippen molar-refractivity contribution >= 4 is 10.1 Å². The summed E-state index contributed by atoms with van der Waals surface area (Å²) in [5, 5.41) is 0. The van der Waals surface area contributed by atoms with Crippen molar-refractivity contribution in [1.29, 1.82) is 0 Å². The van der Waals surface area contributed by atoms with E-state index in [1.807, 2.05) is 13.0 Å². The van der Waals surface area contributed by atoms with Gasteiger partial charge in [0.05, 0.1) is 14.2 Å². The molecule has 0 fully saturated rings. The van der Waals surface area contributed by atoms with Gasteiger partial charge in [-0.2, -0.15) is 8.42 Å².